The maximum Gasteiger partial charge on any atom is 0.338 e. The highest BCUT2D eigenvalue weighted by molar-refractivity contribution is 5.89. The Morgan fingerprint density at radius 2 is 1.93 bits per heavy atom. The van der Waals surface area contributed by atoms with Crippen LogP contribution in [0.3, 0.4) is 0 Å². The van der Waals surface area contributed by atoms with Crippen molar-refractivity contribution in [3.05, 3.63) is 35.9 Å². The molecule has 1 unspecified atom stereocenters. The Kier molecular flexibility index (Phi) is 6.62. The fourth-order valence-corrected chi connectivity index (χ4v) is 5.95. The van der Waals surface area contributed by atoms with Gasteiger partial charge in [-0.3, -0.25) is 0 Å². The van der Waals surface area contributed by atoms with E-state index in [1.54, 1.807) is 0 Å². The van der Waals surface area contributed by atoms with E-state index in [2.05, 4.69) is 13.8 Å². The molecule has 0 aliphatic heterocycles. The molecule has 2 fully saturated rings. The first-order chi connectivity index (χ1) is 12.9. The lowest BCUT2D eigenvalue weighted by Gasteiger charge is -2.46. The minimum atomic E-state index is -0.194. The van der Waals surface area contributed by atoms with Crippen LogP contribution in [0.5, 0.6) is 0 Å². The molecule has 0 radical (unpaired) electrons. The molecule has 1 N–H and O–H groups in total. The van der Waals surface area contributed by atoms with E-state index in [1.165, 1.54) is 25.7 Å². The molecule has 0 bridgehead atoms. The van der Waals surface area contributed by atoms with E-state index < -0.39 is 0 Å². The number of fused-ring (bicyclic) bond motifs is 1. The van der Waals surface area contributed by atoms with Crippen LogP contribution in [0.15, 0.2) is 30.3 Å². The molecule has 0 spiro atoms. The Morgan fingerprint density at radius 1 is 1.19 bits per heavy atom. The number of aliphatic hydroxyl groups is 1. The first-order valence-corrected chi connectivity index (χ1v) is 10.9. The van der Waals surface area contributed by atoms with Gasteiger partial charge in [-0.25, -0.2) is 4.79 Å². The van der Waals surface area contributed by atoms with Gasteiger partial charge >= 0.3 is 5.97 Å². The quantitative estimate of drug-likeness (QED) is 0.632. The third-order valence-corrected chi connectivity index (χ3v) is 7.37. The molecule has 0 heterocycles. The Morgan fingerprint density at radius 3 is 2.63 bits per heavy atom. The summed E-state index contributed by atoms with van der Waals surface area (Å²) in [6.07, 6.45) is 8.88. The van der Waals surface area contributed by atoms with Crippen molar-refractivity contribution < 1.29 is 14.6 Å². The van der Waals surface area contributed by atoms with Crippen LogP contribution in [0.1, 0.15) is 82.5 Å². The van der Waals surface area contributed by atoms with Gasteiger partial charge in [-0.05, 0) is 74.8 Å². The lowest BCUT2D eigenvalue weighted by atomic mass is 9.61. The minimum absolute atomic E-state index is 0.0612. The molecule has 1 aromatic rings. The monoisotopic (exact) mass is 372 g/mol. The molecule has 3 heteroatoms. The van der Waals surface area contributed by atoms with E-state index in [9.17, 15) is 9.90 Å². The van der Waals surface area contributed by atoms with E-state index in [4.69, 9.17) is 4.74 Å². The molecule has 3 nitrogen and oxygen atoms in total. The van der Waals surface area contributed by atoms with Gasteiger partial charge in [0.15, 0.2) is 0 Å². The molecule has 150 valence electrons. The average Bonchev–Trinajstić information content (AvgIpc) is 3.00. The number of esters is 1. The van der Waals surface area contributed by atoms with Gasteiger partial charge in [0.1, 0.15) is 6.10 Å². The molecule has 1 aromatic carbocycles. The molecule has 0 aromatic heterocycles. The van der Waals surface area contributed by atoms with Crippen LogP contribution in [0.2, 0.25) is 0 Å². The zero-order chi connectivity index (χ0) is 19.4. The Hall–Kier alpha value is -1.35. The van der Waals surface area contributed by atoms with Crippen LogP contribution >= 0.6 is 0 Å². The minimum Gasteiger partial charge on any atom is -0.458 e. The van der Waals surface area contributed by atoms with Crippen LogP contribution in [0.4, 0.5) is 0 Å². The molecule has 2 aliphatic rings. The van der Waals surface area contributed by atoms with E-state index in [0.717, 1.165) is 25.7 Å². The lowest BCUT2D eigenvalue weighted by Crippen LogP contribution is -2.43. The average molecular weight is 373 g/mol. The molecule has 6 atom stereocenters. The van der Waals surface area contributed by atoms with Gasteiger partial charge in [0.25, 0.3) is 0 Å². The number of rotatable bonds is 7. The summed E-state index contributed by atoms with van der Waals surface area (Å²) < 4.78 is 6.03. The first-order valence-electron chi connectivity index (χ1n) is 10.9. The van der Waals surface area contributed by atoms with Gasteiger partial charge in [-0.1, -0.05) is 44.9 Å². The number of hydrogen-bond acceptors (Lipinski definition) is 3. The van der Waals surface area contributed by atoms with Gasteiger partial charge in [0.2, 0.25) is 0 Å². The zero-order valence-corrected chi connectivity index (χ0v) is 17.2. The van der Waals surface area contributed by atoms with Gasteiger partial charge in [0.05, 0.1) is 11.7 Å². The normalized spacial score (nSPS) is 32.5. The van der Waals surface area contributed by atoms with E-state index in [0.29, 0.717) is 23.3 Å². The first kappa shape index (κ1) is 20.4. The Bertz CT molecular complexity index is 611. The zero-order valence-electron chi connectivity index (χ0n) is 17.2. The van der Waals surface area contributed by atoms with Gasteiger partial charge < -0.3 is 9.84 Å². The SMILES string of the molecule is C[C@@H](O)CCC[C@H](C)[C@H]1CC[C@H]2C(OC(=O)c3ccccc3)CCC[C@]12C. The number of carbonyl (C=O) groups excluding carboxylic acids is 1. The highest BCUT2D eigenvalue weighted by atomic mass is 16.5. The van der Waals surface area contributed by atoms with Crippen LogP contribution < -0.4 is 0 Å². The lowest BCUT2D eigenvalue weighted by molar-refractivity contribution is -0.0474. The standard InChI is InChI=1S/C24H36O3/c1-17(9-7-10-18(2)25)20-14-15-21-22(13-8-16-24(20,21)3)27-23(26)19-11-5-4-6-12-19/h4-6,11-12,17-18,20-22,25H,7-10,13-16H2,1-3H3/t17-,18+,20+,21-,22?,24+/m0/s1. The van der Waals surface area contributed by atoms with Gasteiger partial charge in [0, 0.05) is 5.92 Å². The number of ether oxygens (including phenoxy) is 1. The highest BCUT2D eigenvalue weighted by Crippen LogP contribution is 2.58. The smallest absolute Gasteiger partial charge is 0.338 e. The Labute approximate surface area is 164 Å². The maximum absolute atomic E-state index is 12.6. The van der Waals surface area contributed by atoms with Crippen LogP contribution in [0.25, 0.3) is 0 Å². The summed E-state index contributed by atoms with van der Waals surface area (Å²) in [7, 11) is 0. The third kappa shape index (κ3) is 4.56. The molecule has 2 aliphatic carbocycles. The second-order valence-electron chi connectivity index (χ2n) is 9.26. The van der Waals surface area contributed by atoms with E-state index in [-0.39, 0.29) is 23.6 Å². The van der Waals surface area contributed by atoms with Crippen molar-refractivity contribution in [1.82, 2.24) is 0 Å². The van der Waals surface area contributed by atoms with Crippen molar-refractivity contribution in [2.75, 3.05) is 0 Å². The van der Waals surface area contributed by atoms with Crippen LogP contribution in [-0.2, 0) is 4.74 Å². The third-order valence-electron chi connectivity index (χ3n) is 7.37. The highest BCUT2D eigenvalue weighted by Gasteiger charge is 2.53. The second-order valence-corrected chi connectivity index (χ2v) is 9.26. The Balaban J connectivity index is 1.64. The fraction of sp³-hybridized carbons (Fsp3) is 0.708. The van der Waals surface area contributed by atoms with Gasteiger partial charge in [-0.15, -0.1) is 0 Å². The molecule has 0 amide bonds. The van der Waals surface area contributed by atoms with Crippen molar-refractivity contribution >= 4 is 5.97 Å². The van der Waals surface area contributed by atoms with Crippen molar-refractivity contribution in [2.45, 2.75) is 84.3 Å². The summed E-state index contributed by atoms with van der Waals surface area (Å²) in [6.45, 7) is 6.72. The second kappa shape index (κ2) is 8.77. The number of benzene rings is 1. The molecule has 27 heavy (non-hydrogen) atoms. The van der Waals surface area contributed by atoms with Crippen molar-refractivity contribution in [2.24, 2.45) is 23.2 Å². The summed E-state index contributed by atoms with van der Waals surface area (Å²) in [5, 5.41) is 9.53. The molecule has 3 rings (SSSR count). The van der Waals surface area contributed by atoms with Gasteiger partial charge in [-0.2, -0.15) is 0 Å². The van der Waals surface area contributed by atoms with Crippen molar-refractivity contribution in [3.63, 3.8) is 0 Å². The predicted octanol–water partition coefficient (Wildman–Crippen LogP) is 5.62. The number of carbonyl (C=O) groups is 1. The van der Waals surface area contributed by atoms with Crippen molar-refractivity contribution in [1.29, 1.82) is 0 Å². The molecular weight excluding hydrogens is 336 g/mol. The summed E-state index contributed by atoms with van der Waals surface area (Å²) in [5.74, 6) is 1.69. The largest absolute Gasteiger partial charge is 0.458 e. The van der Waals surface area contributed by atoms with Crippen LogP contribution in [-0.4, -0.2) is 23.3 Å². The van der Waals surface area contributed by atoms with Crippen LogP contribution in [0, 0.1) is 23.2 Å². The number of hydrogen-bond donors (Lipinski definition) is 1. The molecule has 0 saturated heterocycles. The summed E-state index contributed by atoms with van der Waals surface area (Å²) in [5.41, 5.74) is 0.940. The maximum atomic E-state index is 12.6. The summed E-state index contributed by atoms with van der Waals surface area (Å²) in [4.78, 5) is 12.6. The molecular formula is C24H36O3. The summed E-state index contributed by atoms with van der Waals surface area (Å²) >= 11 is 0. The van der Waals surface area contributed by atoms with E-state index >= 15 is 0 Å². The predicted molar refractivity (Wildman–Crippen MR) is 109 cm³/mol. The fourth-order valence-electron chi connectivity index (χ4n) is 5.95. The van der Waals surface area contributed by atoms with Crippen molar-refractivity contribution in [3.8, 4) is 0 Å². The van der Waals surface area contributed by atoms with E-state index in [1.807, 2.05) is 37.3 Å². The number of aliphatic hydroxyl groups excluding tert-OH is 1. The molecule has 2 saturated carbocycles. The summed E-state index contributed by atoms with van der Waals surface area (Å²) in [6, 6.07) is 9.39. The topological polar surface area (TPSA) is 46.5 Å².